The number of aryl methyl sites for hydroxylation is 4. The summed E-state index contributed by atoms with van der Waals surface area (Å²) in [6.45, 7) is 9.23. The summed E-state index contributed by atoms with van der Waals surface area (Å²) in [5.74, 6) is 0. The van der Waals surface area contributed by atoms with Gasteiger partial charge in [-0.25, -0.2) is 4.98 Å². The molecule has 0 aliphatic heterocycles. The number of aromatic nitrogens is 3. The van der Waals surface area contributed by atoms with E-state index < -0.39 is 0 Å². The molecule has 0 aliphatic carbocycles. The Kier molecular flexibility index (Phi) is 4.37. The predicted octanol–water partition coefficient (Wildman–Crippen LogP) is 2.78. The molecule has 2 rings (SSSR count). The largest absolute Gasteiger partial charge is 0.322 e. The standard InChI is InChI=1S/C14H22N4S/c1-5-11-7-13(18(6-2)17-11)12(15)8-14-16-9(3)10(4)19-14/h7,12H,5-6,8,15H2,1-4H3. The molecular formula is C14H22N4S. The van der Waals surface area contributed by atoms with E-state index in [1.165, 1.54) is 4.88 Å². The molecule has 2 aromatic heterocycles. The van der Waals surface area contributed by atoms with Crippen molar-refractivity contribution >= 4 is 11.3 Å². The van der Waals surface area contributed by atoms with Gasteiger partial charge < -0.3 is 5.73 Å². The quantitative estimate of drug-likeness (QED) is 0.915. The zero-order valence-corrected chi connectivity index (χ0v) is 12.9. The summed E-state index contributed by atoms with van der Waals surface area (Å²) >= 11 is 1.74. The van der Waals surface area contributed by atoms with Crippen LogP contribution in [0.15, 0.2) is 6.07 Å². The molecule has 4 nitrogen and oxygen atoms in total. The highest BCUT2D eigenvalue weighted by molar-refractivity contribution is 7.11. The van der Waals surface area contributed by atoms with E-state index in [1.54, 1.807) is 11.3 Å². The lowest BCUT2D eigenvalue weighted by Crippen LogP contribution is -2.18. The molecule has 19 heavy (non-hydrogen) atoms. The van der Waals surface area contributed by atoms with Crippen molar-refractivity contribution in [1.29, 1.82) is 0 Å². The molecule has 0 saturated heterocycles. The molecule has 0 saturated carbocycles. The topological polar surface area (TPSA) is 56.7 Å². The summed E-state index contributed by atoms with van der Waals surface area (Å²) in [7, 11) is 0. The van der Waals surface area contributed by atoms with Gasteiger partial charge in [0.2, 0.25) is 0 Å². The van der Waals surface area contributed by atoms with Crippen LogP contribution in [-0.2, 0) is 19.4 Å². The molecule has 0 aromatic carbocycles. The Morgan fingerprint density at radius 2 is 2.11 bits per heavy atom. The van der Waals surface area contributed by atoms with Crippen LogP contribution in [0.4, 0.5) is 0 Å². The van der Waals surface area contributed by atoms with Crippen LogP contribution in [0.5, 0.6) is 0 Å². The van der Waals surface area contributed by atoms with Crippen molar-refractivity contribution in [3.05, 3.63) is 33.0 Å². The van der Waals surface area contributed by atoms with Crippen LogP contribution in [0.1, 0.15) is 46.9 Å². The maximum absolute atomic E-state index is 6.34. The third-order valence-electron chi connectivity index (χ3n) is 3.37. The summed E-state index contributed by atoms with van der Waals surface area (Å²) in [5.41, 5.74) is 9.68. The van der Waals surface area contributed by atoms with Gasteiger partial charge in [0.05, 0.1) is 28.1 Å². The minimum absolute atomic E-state index is 0.0299. The molecular weight excluding hydrogens is 256 g/mol. The molecule has 1 unspecified atom stereocenters. The zero-order chi connectivity index (χ0) is 14.0. The highest BCUT2D eigenvalue weighted by atomic mass is 32.1. The Hall–Kier alpha value is -1.20. The van der Waals surface area contributed by atoms with Crippen LogP contribution in [-0.4, -0.2) is 14.8 Å². The van der Waals surface area contributed by atoms with Crippen LogP contribution in [0.3, 0.4) is 0 Å². The highest BCUT2D eigenvalue weighted by Crippen LogP contribution is 2.23. The van der Waals surface area contributed by atoms with E-state index in [0.29, 0.717) is 0 Å². The maximum Gasteiger partial charge on any atom is 0.0950 e. The van der Waals surface area contributed by atoms with Crippen molar-refractivity contribution in [2.75, 3.05) is 0 Å². The summed E-state index contributed by atoms with van der Waals surface area (Å²) < 4.78 is 2.01. The summed E-state index contributed by atoms with van der Waals surface area (Å²) in [5, 5.41) is 5.67. The highest BCUT2D eigenvalue weighted by Gasteiger charge is 2.16. The lowest BCUT2D eigenvalue weighted by atomic mass is 10.1. The SMILES string of the molecule is CCc1cc(C(N)Cc2nc(C)c(C)s2)n(CC)n1. The van der Waals surface area contributed by atoms with Crippen molar-refractivity contribution in [3.63, 3.8) is 0 Å². The van der Waals surface area contributed by atoms with Crippen molar-refractivity contribution in [2.24, 2.45) is 5.73 Å². The fourth-order valence-electron chi connectivity index (χ4n) is 2.13. The van der Waals surface area contributed by atoms with E-state index in [1.807, 2.05) is 11.6 Å². The van der Waals surface area contributed by atoms with E-state index in [2.05, 4.69) is 36.9 Å². The lowest BCUT2D eigenvalue weighted by molar-refractivity contribution is 0.564. The molecule has 0 aliphatic rings. The van der Waals surface area contributed by atoms with Crippen molar-refractivity contribution in [2.45, 2.75) is 53.1 Å². The minimum Gasteiger partial charge on any atom is -0.322 e. The number of hydrogen-bond acceptors (Lipinski definition) is 4. The first-order chi connectivity index (χ1) is 9.05. The third kappa shape index (κ3) is 3.04. The van der Waals surface area contributed by atoms with E-state index in [9.17, 15) is 0 Å². The number of hydrogen-bond donors (Lipinski definition) is 1. The number of rotatable bonds is 5. The van der Waals surface area contributed by atoms with Gasteiger partial charge in [-0.15, -0.1) is 11.3 Å². The number of nitrogens with zero attached hydrogens (tertiary/aromatic N) is 3. The van der Waals surface area contributed by atoms with Crippen molar-refractivity contribution in [1.82, 2.24) is 14.8 Å². The molecule has 104 valence electrons. The Balaban J connectivity index is 2.19. The first kappa shape index (κ1) is 14.2. The normalized spacial score (nSPS) is 12.9. The van der Waals surface area contributed by atoms with Gasteiger partial charge in [0.15, 0.2) is 0 Å². The summed E-state index contributed by atoms with van der Waals surface area (Å²) in [4.78, 5) is 5.85. The Bertz CT molecular complexity index is 536. The van der Waals surface area contributed by atoms with Crippen molar-refractivity contribution < 1.29 is 0 Å². The molecule has 0 fully saturated rings. The molecule has 1 atom stereocenters. The van der Waals surface area contributed by atoms with Gasteiger partial charge in [0, 0.05) is 17.8 Å². The summed E-state index contributed by atoms with van der Waals surface area (Å²) in [6.07, 6.45) is 1.73. The van der Waals surface area contributed by atoms with E-state index in [0.717, 1.165) is 41.5 Å². The van der Waals surface area contributed by atoms with Crippen molar-refractivity contribution in [3.8, 4) is 0 Å². The van der Waals surface area contributed by atoms with Gasteiger partial charge in [-0.1, -0.05) is 6.92 Å². The second-order valence-electron chi connectivity index (χ2n) is 4.79. The molecule has 0 amide bonds. The Morgan fingerprint density at radius 1 is 1.37 bits per heavy atom. The van der Waals surface area contributed by atoms with E-state index >= 15 is 0 Å². The Labute approximate surface area is 118 Å². The van der Waals surface area contributed by atoms with Gasteiger partial charge in [-0.2, -0.15) is 5.10 Å². The first-order valence-corrected chi connectivity index (χ1v) is 7.61. The van der Waals surface area contributed by atoms with Crippen LogP contribution >= 0.6 is 11.3 Å². The smallest absolute Gasteiger partial charge is 0.0950 e. The molecule has 0 spiro atoms. The van der Waals surface area contributed by atoms with Crippen LogP contribution in [0.25, 0.3) is 0 Å². The summed E-state index contributed by atoms with van der Waals surface area (Å²) in [6, 6.07) is 2.10. The molecule has 5 heteroatoms. The van der Waals surface area contributed by atoms with Gasteiger partial charge in [-0.3, -0.25) is 4.68 Å². The molecule has 2 heterocycles. The third-order valence-corrected chi connectivity index (χ3v) is 4.47. The van der Waals surface area contributed by atoms with Crippen LogP contribution in [0, 0.1) is 13.8 Å². The minimum atomic E-state index is -0.0299. The average Bonchev–Trinajstić information content (AvgIpc) is 2.93. The molecule has 0 bridgehead atoms. The molecule has 0 radical (unpaired) electrons. The van der Waals surface area contributed by atoms with Crippen LogP contribution < -0.4 is 5.73 Å². The second-order valence-corrected chi connectivity index (χ2v) is 6.08. The number of nitrogens with two attached hydrogens (primary N) is 1. The fraction of sp³-hybridized carbons (Fsp3) is 0.571. The van der Waals surface area contributed by atoms with E-state index in [-0.39, 0.29) is 6.04 Å². The second kappa shape index (κ2) is 5.84. The van der Waals surface area contributed by atoms with Gasteiger partial charge in [-0.05, 0) is 33.3 Å². The number of thiazole rings is 1. The zero-order valence-electron chi connectivity index (χ0n) is 12.1. The maximum atomic E-state index is 6.34. The predicted molar refractivity (Wildman–Crippen MR) is 79.5 cm³/mol. The monoisotopic (exact) mass is 278 g/mol. The Morgan fingerprint density at radius 3 is 2.63 bits per heavy atom. The fourth-order valence-corrected chi connectivity index (χ4v) is 3.12. The van der Waals surface area contributed by atoms with Gasteiger partial charge in [0.1, 0.15) is 0 Å². The lowest BCUT2D eigenvalue weighted by Gasteiger charge is -2.11. The molecule has 2 aromatic rings. The van der Waals surface area contributed by atoms with Gasteiger partial charge in [0.25, 0.3) is 0 Å². The average molecular weight is 278 g/mol. The van der Waals surface area contributed by atoms with Gasteiger partial charge >= 0.3 is 0 Å². The molecule has 2 N–H and O–H groups in total. The first-order valence-electron chi connectivity index (χ1n) is 6.80. The van der Waals surface area contributed by atoms with E-state index in [4.69, 9.17) is 5.73 Å². The van der Waals surface area contributed by atoms with Crippen LogP contribution in [0.2, 0.25) is 0 Å².